The minimum absolute atomic E-state index is 0.570. The number of ether oxygens (including phenoxy) is 1. The molecule has 1 rings (SSSR count). The fourth-order valence-corrected chi connectivity index (χ4v) is 1.79. The van der Waals surface area contributed by atoms with Gasteiger partial charge in [0.25, 0.3) is 0 Å². The van der Waals surface area contributed by atoms with Gasteiger partial charge in [-0.15, -0.1) is 0 Å². The van der Waals surface area contributed by atoms with Gasteiger partial charge in [-0.3, -0.25) is 4.52 Å². The zero-order valence-electron chi connectivity index (χ0n) is 8.50. The van der Waals surface area contributed by atoms with Crippen LogP contribution in [0, 0.1) is 0 Å². The van der Waals surface area contributed by atoms with Gasteiger partial charge in [0.2, 0.25) is 0 Å². The highest BCUT2D eigenvalue weighted by atomic mass is 31.2. The van der Waals surface area contributed by atoms with Gasteiger partial charge in [-0.2, -0.15) is 0 Å². The highest BCUT2D eigenvalue weighted by molar-refractivity contribution is 7.46. The number of phosphoric ester groups is 1. The molecule has 0 amide bonds. The lowest BCUT2D eigenvalue weighted by Crippen LogP contribution is -2.57. The average Bonchev–Trinajstić information content (AvgIpc) is 2.17. The molecule has 0 spiro atoms. The normalized spacial score (nSPS) is 41.0. The molecule has 0 saturated carbocycles. The largest absolute Gasteiger partial charge is 0.469 e. The summed E-state index contributed by atoms with van der Waals surface area (Å²) in [4.78, 5) is 16.9. The number of hydrogen-bond donors (Lipinski definition) is 5. The quantitative estimate of drug-likeness (QED) is 0.365. The lowest BCUT2D eigenvalue weighted by molar-refractivity contribution is -0.223. The molecule has 5 N–H and O–H groups in total. The first-order chi connectivity index (χ1) is 7.22. The standard InChI is InChI=1S/C7H15O8P/c1-3-5(8)7(10)6(9)4(15-3)2-14-16(11,12)13/h3-10H,2H2,1H3,(H2,11,12,13)/t3-,4?,5?,6-,7-/m1/s1. The first kappa shape index (κ1) is 14.0. The second-order valence-corrected chi connectivity index (χ2v) is 4.88. The topological polar surface area (TPSA) is 137 Å². The number of aliphatic hydroxyl groups excluding tert-OH is 3. The maximum atomic E-state index is 10.4. The van der Waals surface area contributed by atoms with Crippen LogP contribution in [0.5, 0.6) is 0 Å². The third-order valence-electron chi connectivity index (χ3n) is 2.36. The molecule has 2 unspecified atom stereocenters. The molecule has 1 aliphatic heterocycles. The summed E-state index contributed by atoms with van der Waals surface area (Å²) in [5.74, 6) is 0. The van der Waals surface area contributed by atoms with Gasteiger partial charge < -0.3 is 29.8 Å². The fraction of sp³-hybridized carbons (Fsp3) is 1.00. The molecule has 1 fully saturated rings. The summed E-state index contributed by atoms with van der Waals surface area (Å²) in [6.45, 7) is 0.893. The molecule has 5 atom stereocenters. The summed E-state index contributed by atoms with van der Waals surface area (Å²) in [6, 6.07) is 0. The molecule has 9 heteroatoms. The van der Waals surface area contributed by atoms with E-state index in [0.717, 1.165) is 0 Å². The molecular formula is C7H15O8P. The van der Waals surface area contributed by atoms with Crippen LogP contribution in [-0.2, 0) is 13.8 Å². The van der Waals surface area contributed by atoms with Crippen molar-refractivity contribution < 1.29 is 38.9 Å². The van der Waals surface area contributed by atoms with Gasteiger partial charge in [-0.25, -0.2) is 4.57 Å². The Balaban J connectivity index is 2.57. The second kappa shape index (κ2) is 5.07. The van der Waals surface area contributed by atoms with Crippen LogP contribution in [0.15, 0.2) is 0 Å². The summed E-state index contributed by atoms with van der Waals surface area (Å²) < 4.78 is 19.6. The minimum Gasteiger partial charge on any atom is -0.388 e. The van der Waals surface area contributed by atoms with Crippen molar-refractivity contribution in [2.45, 2.75) is 37.4 Å². The van der Waals surface area contributed by atoms with Crippen LogP contribution in [0.3, 0.4) is 0 Å². The Kier molecular flexibility index (Phi) is 4.44. The van der Waals surface area contributed by atoms with Crippen LogP contribution in [-0.4, -0.2) is 62.2 Å². The highest BCUT2D eigenvalue weighted by Crippen LogP contribution is 2.36. The fourth-order valence-electron chi connectivity index (χ4n) is 1.44. The van der Waals surface area contributed by atoms with Crippen molar-refractivity contribution in [1.29, 1.82) is 0 Å². The van der Waals surface area contributed by atoms with E-state index in [9.17, 15) is 19.9 Å². The smallest absolute Gasteiger partial charge is 0.388 e. The first-order valence-corrected chi connectivity index (χ1v) is 6.15. The van der Waals surface area contributed by atoms with Crippen LogP contribution >= 0.6 is 7.82 Å². The van der Waals surface area contributed by atoms with E-state index in [1.54, 1.807) is 0 Å². The molecule has 0 aromatic carbocycles. The molecule has 8 nitrogen and oxygen atoms in total. The number of hydrogen-bond acceptors (Lipinski definition) is 6. The Morgan fingerprint density at radius 3 is 2.25 bits per heavy atom. The Hall–Kier alpha value is -0.0500. The van der Waals surface area contributed by atoms with E-state index in [4.69, 9.17) is 14.5 Å². The number of rotatable bonds is 3. The molecule has 96 valence electrons. The molecular weight excluding hydrogens is 243 g/mol. The van der Waals surface area contributed by atoms with E-state index in [0.29, 0.717) is 0 Å². The third-order valence-corrected chi connectivity index (χ3v) is 2.84. The van der Waals surface area contributed by atoms with Crippen LogP contribution in [0.1, 0.15) is 6.92 Å². The van der Waals surface area contributed by atoms with E-state index < -0.39 is 44.9 Å². The summed E-state index contributed by atoms with van der Waals surface area (Å²) in [5, 5.41) is 28.2. The second-order valence-electron chi connectivity index (χ2n) is 3.64. The van der Waals surface area contributed by atoms with Gasteiger partial charge in [-0.1, -0.05) is 0 Å². The summed E-state index contributed by atoms with van der Waals surface area (Å²) in [6.07, 6.45) is -6.00. The molecule has 1 saturated heterocycles. The molecule has 0 bridgehead atoms. The van der Waals surface area contributed by atoms with Gasteiger partial charge in [0, 0.05) is 0 Å². The molecule has 16 heavy (non-hydrogen) atoms. The maximum absolute atomic E-state index is 10.4. The summed E-state index contributed by atoms with van der Waals surface area (Å²) in [5.41, 5.74) is 0. The Labute approximate surface area is 91.7 Å². The van der Waals surface area contributed by atoms with Gasteiger partial charge in [0.1, 0.15) is 24.4 Å². The van der Waals surface area contributed by atoms with Gasteiger partial charge in [-0.05, 0) is 6.92 Å². The maximum Gasteiger partial charge on any atom is 0.469 e. The first-order valence-electron chi connectivity index (χ1n) is 4.62. The zero-order valence-corrected chi connectivity index (χ0v) is 9.40. The van der Waals surface area contributed by atoms with E-state index >= 15 is 0 Å². The van der Waals surface area contributed by atoms with Gasteiger partial charge in [0.05, 0.1) is 12.7 Å². The lowest BCUT2D eigenvalue weighted by atomic mass is 9.96. The van der Waals surface area contributed by atoms with E-state index in [-0.39, 0.29) is 0 Å². The molecule has 1 aliphatic rings. The molecule has 0 aromatic heterocycles. The van der Waals surface area contributed by atoms with Crippen molar-refractivity contribution in [3.05, 3.63) is 0 Å². The molecule has 0 aromatic rings. The van der Waals surface area contributed by atoms with Gasteiger partial charge >= 0.3 is 7.82 Å². The van der Waals surface area contributed by atoms with Crippen LogP contribution < -0.4 is 0 Å². The van der Waals surface area contributed by atoms with Crippen molar-refractivity contribution in [2.24, 2.45) is 0 Å². The minimum atomic E-state index is -4.65. The lowest BCUT2D eigenvalue weighted by Gasteiger charge is -2.39. The molecule has 0 aliphatic carbocycles. The number of phosphoric acid groups is 1. The van der Waals surface area contributed by atoms with Gasteiger partial charge in [0.15, 0.2) is 0 Å². The zero-order chi connectivity index (χ0) is 12.5. The van der Waals surface area contributed by atoms with Crippen molar-refractivity contribution in [1.82, 2.24) is 0 Å². The highest BCUT2D eigenvalue weighted by Gasteiger charge is 2.42. The van der Waals surface area contributed by atoms with E-state index in [1.165, 1.54) is 6.92 Å². The van der Waals surface area contributed by atoms with Crippen molar-refractivity contribution in [3.8, 4) is 0 Å². The van der Waals surface area contributed by atoms with Crippen LogP contribution in [0.2, 0.25) is 0 Å². The summed E-state index contributed by atoms with van der Waals surface area (Å²) >= 11 is 0. The monoisotopic (exact) mass is 258 g/mol. The Morgan fingerprint density at radius 2 is 1.75 bits per heavy atom. The SMILES string of the molecule is C[C@H]1OC(COP(=O)(O)O)[C@@H](O)[C@H](O)C1O. The Morgan fingerprint density at radius 1 is 1.19 bits per heavy atom. The predicted octanol–water partition coefficient (Wildman–Crippen LogP) is -2.03. The molecule has 1 heterocycles. The average molecular weight is 258 g/mol. The Bertz CT molecular complexity index is 278. The molecule has 0 radical (unpaired) electrons. The third kappa shape index (κ3) is 3.47. The summed E-state index contributed by atoms with van der Waals surface area (Å²) in [7, 11) is -4.65. The number of aliphatic hydroxyl groups is 3. The van der Waals surface area contributed by atoms with E-state index in [1.807, 2.05) is 0 Å². The van der Waals surface area contributed by atoms with E-state index in [2.05, 4.69) is 4.52 Å². The van der Waals surface area contributed by atoms with Crippen molar-refractivity contribution >= 4 is 7.82 Å². The van der Waals surface area contributed by atoms with Crippen molar-refractivity contribution in [3.63, 3.8) is 0 Å². The van der Waals surface area contributed by atoms with Crippen LogP contribution in [0.25, 0.3) is 0 Å². The van der Waals surface area contributed by atoms with Crippen molar-refractivity contribution in [2.75, 3.05) is 6.61 Å². The van der Waals surface area contributed by atoms with Crippen LogP contribution in [0.4, 0.5) is 0 Å². The predicted molar refractivity (Wildman–Crippen MR) is 50.4 cm³/mol.